The molecule has 0 saturated heterocycles. The van der Waals surface area contributed by atoms with Gasteiger partial charge in [-0.15, -0.1) is 0 Å². The smallest absolute Gasteiger partial charge is 0.0205 e. The molecule has 1 N–H and O–H groups in total. The second-order valence-corrected chi connectivity index (χ2v) is 6.09. The summed E-state index contributed by atoms with van der Waals surface area (Å²) >= 11 is 0. The fraction of sp³-hybridized carbons (Fsp3) is 0.400. The average molecular weight is 279 g/mol. The Balaban J connectivity index is 1.77. The normalized spacial score (nSPS) is 14.9. The molecule has 0 spiro atoms. The first-order chi connectivity index (χ1) is 10.4. The summed E-state index contributed by atoms with van der Waals surface area (Å²) in [6.07, 6.45) is 5.29. The summed E-state index contributed by atoms with van der Waals surface area (Å²) < 4.78 is 0. The van der Waals surface area contributed by atoms with Crippen molar-refractivity contribution in [2.75, 3.05) is 6.54 Å². The maximum Gasteiger partial charge on any atom is 0.0205 e. The molecule has 0 bridgehead atoms. The van der Waals surface area contributed by atoms with E-state index in [1.807, 2.05) is 0 Å². The van der Waals surface area contributed by atoms with Crippen LogP contribution in [0.3, 0.4) is 0 Å². The molecule has 0 radical (unpaired) electrons. The minimum absolute atomic E-state index is 0.784. The first kappa shape index (κ1) is 14.3. The summed E-state index contributed by atoms with van der Waals surface area (Å²) in [6.45, 7) is 4.26. The van der Waals surface area contributed by atoms with E-state index in [1.54, 1.807) is 5.56 Å². The molecule has 1 fully saturated rings. The van der Waals surface area contributed by atoms with E-state index in [0.29, 0.717) is 0 Å². The Morgan fingerprint density at radius 3 is 2.43 bits per heavy atom. The number of hydrogen-bond acceptors (Lipinski definition) is 1. The number of benzene rings is 2. The average Bonchev–Trinajstić information content (AvgIpc) is 2.47. The van der Waals surface area contributed by atoms with Crippen LogP contribution in [0.15, 0.2) is 48.5 Å². The first-order valence-electron chi connectivity index (χ1n) is 8.27. The maximum atomic E-state index is 3.46. The molecular weight excluding hydrogens is 254 g/mol. The van der Waals surface area contributed by atoms with Crippen molar-refractivity contribution in [1.82, 2.24) is 5.32 Å². The van der Waals surface area contributed by atoms with E-state index >= 15 is 0 Å². The minimum atomic E-state index is 0.784. The van der Waals surface area contributed by atoms with Gasteiger partial charge >= 0.3 is 0 Å². The highest BCUT2D eigenvalue weighted by Gasteiger charge is 2.22. The molecule has 1 aliphatic carbocycles. The molecule has 1 saturated carbocycles. The molecular formula is C20H25N. The van der Waals surface area contributed by atoms with Gasteiger partial charge in [0.1, 0.15) is 0 Å². The summed E-state index contributed by atoms with van der Waals surface area (Å²) in [4.78, 5) is 0. The Hall–Kier alpha value is -1.60. The van der Waals surface area contributed by atoms with E-state index in [1.165, 1.54) is 42.4 Å². The molecule has 0 atom stereocenters. The van der Waals surface area contributed by atoms with Crippen molar-refractivity contribution >= 4 is 0 Å². The van der Waals surface area contributed by atoms with Gasteiger partial charge in [-0.1, -0.05) is 61.9 Å². The SMILES string of the molecule is CCCNCc1ccc(-c2ccccc2C2CCC2)cc1. The molecule has 1 nitrogen and oxygen atoms in total. The fourth-order valence-corrected chi connectivity index (χ4v) is 3.05. The van der Waals surface area contributed by atoms with Crippen molar-refractivity contribution < 1.29 is 0 Å². The molecule has 21 heavy (non-hydrogen) atoms. The van der Waals surface area contributed by atoms with Gasteiger partial charge in [-0.3, -0.25) is 0 Å². The quantitative estimate of drug-likeness (QED) is 0.724. The van der Waals surface area contributed by atoms with Crippen LogP contribution in [0, 0.1) is 0 Å². The standard InChI is InChI=1S/C20H25N/c1-2-14-21-15-16-10-12-18(13-11-16)20-9-4-3-8-19(20)17-6-5-7-17/h3-4,8-13,17,21H,2,5-7,14-15H2,1H3. The monoisotopic (exact) mass is 279 g/mol. The van der Waals surface area contributed by atoms with Gasteiger partial charge in [0.2, 0.25) is 0 Å². The van der Waals surface area contributed by atoms with Crippen LogP contribution in [0.4, 0.5) is 0 Å². The largest absolute Gasteiger partial charge is 0.313 e. The second kappa shape index (κ2) is 6.91. The fourth-order valence-electron chi connectivity index (χ4n) is 3.05. The molecule has 2 aromatic carbocycles. The van der Waals surface area contributed by atoms with Gasteiger partial charge in [0, 0.05) is 6.54 Å². The van der Waals surface area contributed by atoms with E-state index < -0.39 is 0 Å². The van der Waals surface area contributed by atoms with E-state index in [-0.39, 0.29) is 0 Å². The molecule has 0 heterocycles. The van der Waals surface area contributed by atoms with Gasteiger partial charge in [-0.05, 0) is 54.0 Å². The Morgan fingerprint density at radius 1 is 1.00 bits per heavy atom. The van der Waals surface area contributed by atoms with E-state index in [2.05, 4.69) is 60.8 Å². The number of nitrogens with one attached hydrogen (secondary N) is 1. The second-order valence-electron chi connectivity index (χ2n) is 6.09. The van der Waals surface area contributed by atoms with Crippen LogP contribution in [0.1, 0.15) is 49.7 Å². The lowest BCUT2D eigenvalue weighted by atomic mass is 9.77. The van der Waals surface area contributed by atoms with Crippen molar-refractivity contribution in [2.45, 2.75) is 45.1 Å². The summed E-state index contributed by atoms with van der Waals surface area (Å²) in [6, 6.07) is 18.0. The molecule has 2 aromatic rings. The van der Waals surface area contributed by atoms with Crippen LogP contribution < -0.4 is 5.32 Å². The summed E-state index contributed by atoms with van der Waals surface area (Å²) in [5.41, 5.74) is 5.70. The van der Waals surface area contributed by atoms with Crippen molar-refractivity contribution in [1.29, 1.82) is 0 Å². The van der Waals surface area contributed by atoms with Crippen LogP contribution >= 0.6 is 0 Å². The van der Waals surface area contributed by atoms with Crippen molar-refractivity contribution in [3.8, 4) is 11.1 Å². The predicted octanol–water partition coefficient (Wildman–Crippen LogP) is 5.12. The van der Waals surface area contributed by atoms with Crippen molar-refractivity contribution in [3.63, 3.8) is 0 Å². The lowest BCUT2D eigenvalue weighted by molar-refractivity contribution is 0.420. The van der Waals surface area contributed by atoms with Gasteiger partial charge in [0.05, 0.1) is 0 Å². The highest BCUT2D eigenvalue weighted by atomic mass is 14.8. The molecule has 1 heteroatoms. The first-order valence-corrected chi connectivity index (χ1v) is 8.27. The zero-order valence-corrected chi connectivity index (χ0v) is 12.9. The molecule has 3 rings (SSSR count). The Labute approximate surface area is 128 Å². The van der Waals surface area contributed by atoms with Gasteiger partial charge in [-0.25, -0.2) is 0 Å². The third-order valence-electron chi connectivity index (χ3n) is 4.53. The highest BCUT2D eigenvalue weighted by Crippen LogP contribution is 2.40. The summed E-state index contributed by atoms with van der Waals surface area (Å²) in [5.74, 6) is 0.784. The van der Waals surface area contributed by atoms with Crippen LogP contribution in [-0.4, -0.2) is 6.54 Å². The van der Waals surface area contributed by atoms with E-state index in [0.717, 1.165) is 19.0 Å². The third-order valence-corrected chi connectivity index (χ3v) is 4.53. The van der Waals surface area contributed by atoms with E-state index in [9.17, 15) is 0 Å². The van der Waals surface area contributed by atoms with Crippen LogP contribution in [0.25, 0.3) is 11.1 Å². The zero-order valence-electron chi connectivity index (χ0n) is 12.9. The van der Waals surface area contributed by atoms with Gasteiger partial charge in [0.15, 0.2) is 0 Å². The van der Waals surface area contributed by atoms with Gasteiger partial charge < -0.3 is 5.32 Å². The maximum absolute atomic E-state index is 3.46. The van der Waals surface area contributed by atoms with Crippen LogP contribution in [0.5, 0.6) is 0 Å². The zero-order chi connectivity index (χ0) is 14.5. The third kappa shape index (κ3) is 3.36. The minimum Gasteiger partial charge on any atom is -0.313 e. The van der Waals surface area contributed by atoms with Gasteiger partial charge in [-0.2, -0.15) is 0 Å². The lowest BCUT2D eigenvalue weighted by Gasteiger charge is -2.28. The summed E-state index contributed by atoms with van der Waals surface area (Å²) in [5, 5.41) is 3.46. The number of hydrogen-bond donors (Lipinski definition) is 1. The van der Waals surface area contributed by atoms with Gasteiger partial charge in [0.25, 0.3) is 0 Å². The molecule has 1 aliphatic rings. The topological polar surface area (TPSA) is 12.0 Å². The highest BCUT2D eigenvalue weighted by molar-refractivity contribution is 5.68. The van der Waals surface area contributed by atoms with E-state index in [4.69, 9.17) is 0 Å². The Morgan fingerprint density at radius 2 is 1.76 bits per heavy atom. The Bertz CT molecular complexity index is 567. The van der Waals surface area contributed by atoms with Crippen molar-refractivity contribution in [2.24, 2.45) is 0 Å². The Kier molecular flexibility index (Phi) is 4.72. The summed E-state index contributed by atoms with van der Waals surface area (Å²) in [7, 11) is 0. The number of rotatable bonds is 6. The molecule has 0 amide bonds. The van der Waals surface area contributed by atoms with Crippen molar-refractivity contribution in [3.05, 3.63) is 59.7 Å². The molecule has 110 valence electrons. The molecule has 0 aromatic heterocycles. The van der Waals surface area contributed by atoms with Crippen LogP contribution in [0.2, 0.25) is 0 Å². The lowest BCUT2D eigenvalue weighted by Crippen LogP contribution is -2.13. The molecule has 0 unspecified atom stereocenters. The van der Waals surface area contributed by atoms with Crippen LogP contribution in [-0.2, 0) is 6.54 Å². The molecule has 0 aliphatic heterocycles. The predicted molar refractivity (Wildman–Crippen MR) is 90.5 cm³/mol.